The first-order valence-corrected chi connectivity index (χ1v) is 5.08. The summed E-state index contributed by atoms with van der Waals surface area (Å²) in [5.41, 5.74) is 0.985. The predicted molar refractivity (Wildman–Crippen MR) is 58.5 cm³/mol. The van der Waals surface area contributed by atoms with E-state index in [-0.39, 0.29) is 0 Å². The molecule has 2 rings (SSSR count). The Labute approximate surface area is 83.9 Å². The molecule has 2 heteroatoms. The summed E-state index contributed by atoms with van der Waals surface area (Å²) in [6.45, 7) is 4.11. The molecule has 0 aliphatic carbocycles. The van der Waals surface area contributed by atoms with Crippen LogP contribution in [-0.2, 0) is 6.42 Å². The van der Waals surface area contributed by atoms with Gasteiger partial charge in [0.15, 0.2) is 0 Å². The molecule has 0 radical (unpaired) electrons. The van der Waals surface area contributed by atoms with E-state index < -0.39 is 0 Å². The van der Waals surface area contributed by atoms with Gasteiger partial charge in [-0.15, -0.1) is 0 Å². The maximum absolute atomic E-state index is 5.67. The average molecular weight is 189 g/mol. The van der Waals surface area contributed by atoms with Crippen LogP contribution in [0.3, 0.4) is 0 Å². The zero-order valence-corrected chi connectivity index (χ0v) is 8.42. The lowest BCUT2D eigenvalue weighted by atomic mass is 10.2. The Morgan fingerprint density at radius 2 is 2.14 bits per heavy atom. The van der Waals surface area contributed by atoms with Crippen molar-refractivity contribution >= 4 is 11.0 Å². The van der Waals surface area contributed by atoms with Crippen LogP contribution in [0.4, 0.5) is 0 Å². The van der Waals surface area contributed by atoms with Crippen molar-refractivity contribution < 1.29 is 4.42 Å². The smallest absolute Gasteiger partial charge is 0.134 e. The third-order valence-corrected chi connectivity index (χ3v) is 2.27. The monoisotopic (exact) mass is 189 g/mol. The summed E-state index contributed by atoms with van der Waals surface area (Å²) >= 11 is 0. The maximum atomic E-state index is 5.67. The number of benzene rings is 1. The van der Waals surface area contributed by atoms with Gasteiger partial charge in [0.25, 0.3) is 0 Å². The summed E-state index contributed by atoms with van der Waals surface area (Å²) in [5.74, 6) is 1.06. The van der Waals surface area contributed by atoms with E-state index in [4.69, 9.17) is 4.42 Å². The van der Waals surface area contributed by atoms with E-state index in [1.165, 1.54) is 5.39 Å². The Kier molecular flexibility index (Phi) is 2.84. The van der Waals surface area contributed by atoms with Crippen LogP contribution in [0.25, 0.3) is 11.0 Å². The van der Waals surface area contributed by atoms with Gasteiger partial charge in [0.05, 0.1) is 0 Å². The standard InChI is InChI=1S/C12H15NO/c1-2-13-8-7-11-9-10-5-3-4-6-12(10)14-11/h3-6,9,13H,2,7-8H2,1H3. The molecule has 1 N–H and O–H groups in total. The predicted octanol–water partition coefficient (Wildman–Crippen LogP) is 2.58. The molecule has 0 saturated heterocycles. The number of hydrogen-bond donors (Lipinski definition) is 1. The van der Waals surface area contributed by atoms with E-state index in [1.54, 1.807) is 0 Å². The van der Waals surface area contributed by atoms with Gasteiger partial charge in [-0.25, -0.2) is 0 Å². The highest BCUT2D eigenvalue weighted by atomic mass is 16.3. The Balaban J connectivity index is 2.11. The molecule has 1 heterocycles. The summed E-state index contributed by atoms with van der Waals surface area (Å²) in [6, 6.07) is 10.2. The molecular formula is C12H15NO. The number of para-hydroxylation sites is 1. The summed E-state index contributed by atoms with van der Waals surface area (Å²) in [5, 5.41) is 4.47. The van der Waals surface area contributed by atoms with Crippen LogP contribution in [0, 0.1) is 0 Å². The Hall–Kier alpha value is -1.28. The zero-order valence-electron chi connectivity index (χ0n) is 8.42. The summed E-state index contributed by atoms with van der Waals surface area (Å²) < 4.78 is 5.67. The number of hydrogen-bond acceptors (Lipinski definition) is 2. The molecule has 0 atom stereocenters. The molecule has 2 nitrogen and oxygen atoms in total. The van der Waals surface area contributed by atoms with Crippen LogP contribution in [0.1, 0.15) is 12.7 Å². The quantitative estimate of drug-likeness (QED) is 0.748. The van der Waals surface area contributed by atoms with Crippen molar-refractivity contribution in [3.63, 3.8) is 0 Å². The van der Waals surface area contributed by atoms with Gasteiger partial charge >= 0.3 is 0 Å². The van der Waals surface area contributed by atoms with Crippen molar-refractivity contribution in [2.24, 2.45) is 0 Å². The highest BCUT2D eigenvalue weighted by Gasteiger charge is 2.01. The molecule has 2 aromatic rings. The topological polar surface area (TPSA) is 25.2 Å². The first kappa shape index (κ1) is 9.28. The third-order valence-electron chi connectivity index (χ3n) is 2.27. The van der Waals surface area contributed by atoms with E-state index in [0.717, 1.165) is 30.9 Å². The fourth-order valence-corrected chi connectivity index (χ4v) is 1.55. The van der Waals surface area contributed by atoms with Crippen molar-refractivity contribution in [2.75, 3.05) is 13.1 Å². The van der Waals surface area contributed by atoms with Gasteiger partial charge in [0.2, 0.25) is 0 Å². The first-order valence-electron chi connectivity index (χ1n) is 5.08. The van der Waals surface area contributed by atoms with Crippen molar-refractivity contribution in [1.82, 2.24) is 5.32 Å². The van der Waals surface area contributed by atoms with Gasteiger partial charge in [-0.2, -0.15) is 0 Å². The lowest BCUT2D eigenvalue weighted by Crippen LogP contribution is -2.15. The minimum Gasteiger partial charge on any atom is -0.461 e. The molecule has 14 heavy (non-hydrogen) atoms. The molecule has 0 saturated carbocycles. The first-order chi connectivity index (χ1) is 6.90. The minimum atomic E-state index is 0.961. The number of furan rings is 1. The number of likely N-dealkylation sites (N-methyl/N-ethyl adjacent to an activating group) is 1. The van der Waals surface area contributed by atoms with E-state index in [9.17, 15) is 0 Å². The zero-order chi connectivity index (χ0) is 9.80. The molecule has 74 valence electrons. The highest BCUT2D eigenvalue weighted by Crippen LogP contribution is 2.18. The van der Waals surface area contributed by atoms with Crippen molar-refractivity contribution in [2.45, 2.75) is 13.3 Å². The Morgan fingerprint density at radius 3 is 2.93 bits per heavy atom. The molecule has 0 spiro atoms. The lowest BCUT2D eigenvalue weighted by molar-refractivity contribution is 0.536. The van der Waals surface area contributed by atoms with E-state index >= 15 is 0 Å². The summed E-state index contributed by atoms with van der Waals surface area (Å²) in [7, 11) is 0. The second-order valence-electron chi connectivity index (χ2n) is 3.35. The van der Waals surface area contributed by atoms with Crippen LogP contribution in [0.2, 0.25) is 0 Å². The van der Waals surface area contributed by atoms with Crippen LogP contribution in [-0.4, -0.2) is 13.1 Å². The van der Waals surface area contributed by atoms with Crippen LogP contribution in [0.15, 0.2) is 34.7 Å². The highest BCUT2D eigenvalue weighted by molar-refractivity contribution is 5.77. The van der Waals surface area contributed by atoms with Crippen molar-refractivity contribution in [3.05, 3.63) is 36.1 Å². The van der Waals surface area contributed by atoms with Crippen molar-refractivity contribution in [1.29, 1.82) is 0 Å². The number of nitrogens with one attached hydrogen (secondary N) is 1. The fourth-order valence-electron chi connectivity index (χ4n) is 1.55. The Bertz CT molecular complexity index is 372. The van der Waals surface area contributed by atoms with E-state index in [0.29, 0.717) is 0 Å². The summed E-state index contributed by atoms with van der Waals surface area (Å²) in [6.07, 6.45) is 0.961. The van der Waals surface area contributed by atoms with E-state index in [2.05, 4.69) is 24.4 Å². The molecule has 0 bridgehead atoms. The molecule has 1 aromatic heterocycles. The van der Waals surface area contributed by atoms with Crippen molar-refractivity contribution in [3.8, 4) is 0 Å². The average Bonchev–Trinajstić information content (AvgIpc) is 2.60. The molecule has 0 amide bonds. The fraction of sp³-hybridized carbons (Fsp3) is 0.333. The minimum absolute atomic E-state index is 0.961. The maximum Gasteiger partial charge on any atom is 0.134 e. The van der Waals surface area contributed by atoms with Gasteiger partial charge in [-0.05, 0) is 18.7 Å². The molecule has 0 aliphatic heterocycles. The number of rotatable bonds is 4. The van der Waals surface area contributed by atoms with Gasteiger partial charge in [-0.1, -0.05) is 25.1 Å². The molecule has 0 unspecified atom stereocenters. The summed E-state index contributed by atoms with van der Waals surface area (Å²) in [4.78, 5) is 0. The van der Waals surface area contributed by atoms with Gasteiger partial charge in [-0.3, -0.25) is 0 Å². The second-order valence-corrected chi connectivity index (χ2v) is 3.35. The third kappa shape index (κ3) is 1.96. The largest absolute Gasteiger partial charge is 0.461 e. The van der Waals surface area contributed by atoms with Crippen LogP contribution < -0.4 is 5.32 Å². The molecule has 1 aromatic carbocycles. The normalized spacial score (nSPS) is 10.9. The second kappa shape index (κ2) is 4.29. The van der Waals surface area contributed by atoms with E-state index in [1.807, 2.05) is 18.2 Å². The molecular weight excluding hydrogens is 174 g/mol. The van der Waals surface area contributed by atoms with Gasteiger partial charge in [0, 0.05) is 18.4 Å². The molecule has 0 aliphatic rings. The SMILES string of the molecule is CCNCCc1cc2ccccc2o1. The lowest BCUT2D eigenvalue weighted by Gasteiger charge is -1.96. The van der Waals surface area contributed by atoms with Crippen LogP contribution >= 0.6 is 0 Å². The van der Waals surface area contributed by atoms with Crippen LogP contribution in [0.5, 0.6) is 0 Å². The van der Waals surface area contributed by atoms with Gasteiger partial charge < -0.3 is 9.73 Å². The number of fused-ring (bicyclic) bond motifs is 1. The van der Waals surface area contributed by atoms with Gasteiger partial charge in [0.1, 0.15) is 11.3 Å². The molecule has 0 fully saturated rings. The Morgan fingerprint density at radius 1 is 1.29 bits per heavy atom.